The number of halogens is 1. The largest absolute Gasteiger partial charge is 0.370 e. The van der Waals surface area contributed by atoms with Crippen LogP contribution in [0.2, 0.25) is 0 Å². The van der Waals surface area contributed by atoms with Crippen LogP contribution in [0.4, 0.5) is 11.4 Å². The van der Waals surface area contributed by atoms with Gasteiger partial charge in [-0.25, -0.2) is 4.99 Å². The number of nitrogens with zero attached hydrogens (tertiary/aromatic N) is 3. The lowest BCUT2D eigenvalue weighted by molar-refractivity contribution is -0.384. The Hall–Kier alpha value is -2.35. The predicted molar refractivity (Wildman–Crippen MR) is 67.4 cm³/mol. The van der Waals surface area contributed by atoms with Crippen molar-refractivity contribution in [2.45, 2.75) is 0 Å². The molecule has 0 fully saturated rings. The monoisotopic (exact) mass is 258 g/mol. The van der Waals surface area contributed by atoms with E-state index >= 15 is 0 Å². The second-order valence-corrected chi connectivity index (χ2v) is 2.78. The minimum Gasteiger partial charge on any atom is -0.370 e. The van der Waals surface area contributed by atoms with Crippen molar-refractivity contribution in [3.63, 3.8) is 0 Å². The van der Waals surface area contributed by atoms with Crippen LogP contribution < -0.4 is 17.2 Å². The fourth-order valence-corrected chi connectivity index (χ4v) is 0.966. The molecule has 0 amide bonds. The molecule has 0 saturated heterocycles. The molecule has 1 aromatic rings. The van der Waals surface area contributed by atoms with E-state index in [1.807, 2.05) is 0 Å². The zero-order chi connectivity index (χ0) is 12.1. The van der Waals surface area contributed by atoms with Crippen LogP contribution in [0.25, 0.3) is 0 Å². The van der Waals surface area contributed by atoms with Crippen molar-refractivity contribution in [1.29, 1.82) is 0 Å². The summed E-state index contributed by atoms with van der Waals surface area (Å²) in [5, 5.41) is 10.5. The topological polar surface area (TPSA) is 146 Å². The fraction of sp³-hybridized carbons (Fsp3) is 0. The first kappa shape index (κ1) is 14.6. The summed E-state index contributed by atoms with van der Waals surface area (Å²) in [5.41, 5.74) is 15.8. The van der Waals surface area contributed by atoms with Gasteiger partial charge < -0.3 is 17.2 Å². The van der Waals surface area contributed by atoms with E-state index in [1.165, 1.54) is 18.2 Å². The highest BCUT2D eigenvalue weighted by Gasteiger charge is 2.04. The Bertz CT molecular complexity index is 469. The third-order valence-corrected chi connectivity index (χ3v) is 1.53. The minimum atomic E-state index is -0.532. The third kappa shape index (κ3) is 4.80. The lowest BCUT2D eigenvalue weighted by atomic mass is 10.3. The molecule has 92 valence electrons. The molecule has 0 aromatic heterocycles. The molecule has 0 aliphatic carbocycles. The first-order valence-corrected chi connectivity index (χ1v) is 4.17. The van der Waals surface area contributed by atoms with Gasteiger partial charge in [0, 0.05) is 12.1 Å². The van der Waals surface area contributed by atoms with E-state index in [2.05, 4.69) is 9.98 Å². The summed E-state index contributed by atoms with van der Waals surface area (Å²) in [6.45, 7) is 0. The van der Waals surface area contributed by atoms with E-state index < -0.39 is 4.92 Å². The SMILES string of the molecule is Cl.NC(N)=NC(N)=Nc1cccc([N+](=O)[O-])c1. The van der Waals surface area contributed by atoms with E-state index in [-0.39, 0.29) is 30.0 Å². The lowest BCUT2D eigenvalue weighted by Gasteiger charge is -1.96. The molecule has 0 aliphatic rings. The minimum absolute atomic E-state index is 0. The Morgan fingerprint density at radius 1 is 1.29 bits per heavy atom. The Balaban J connectivity index is 0.00000256. The molecule has 0 unspecified atom stereocenters. The molecule has 0 atom stereocenters. The van der Waals surface area contributed by atoms with Gasteiger partial charge in [0.15, 0.2) is 5.96 Å². The van der Waals surface area contributed by atoms with E-state index in [9.17, 15) is 10.1 Å². The van der Waals surface area contributed by atoms with Gasteiger partial charge in [0.25, 0.3) is 5.69 Å². The quantitative estimate of drug-likeness (QED) is 0.301. The van der Waals surface area contributed by atoms with Crippen LogP contribution in [0.1, 0.15) is 0 Å². The number of benzene rings is 1. The Labute approximate surface area is 103 Å². The van der Waals surface area contributed by atoms with Crippen LogP contribution in [0, 0.1) is 10.1 Å². The predicted octanol–water partition coefficient (Wildman–Crippen LogP) is 0.236. The van der Waals surface area contributed by atoms with Gasteiger partial charge in [-0.1, -0.05) is 6.07 Å². The van der Waals surface area contributed by atoms with Crippen molar-refractivity contribution < 1.29 is 4.92 Å². The average Bonchev–Trinajstić information content (AvgIpc) is 2.16. The highest BCUT2D eigenvalue weighted by molar-refractivity contribution is 5.93. The summed E-state index contributed by atoms with van der Waals surface area (Å²) in [6, 6.07) is 5.63. The van der Waals surface area contributed by atoms with Gasteiger partial charge in [-0.15, -0.1) is 12.4 Å². The van der Waals surface area contributed by atoms with Gasteiger partial charge in [0.1, 0.15) is 0 Å². The van der Waals surface area contributed by atoms with Gasteiger partial charge in [0.05, 0.1) is 10.6 Å². The molecule has 8 nitrogen and oxygen atoms in total. The molecule has 0 spiro atoms. The van der Waals surface area contributed by atoms with Crippen LogP contribution in [0.5, 0.6) is 0 Å². The number of non-ortho nitro benzene ring substituents is 1. The van der Waals surface area contributed by atoms with Gasteiger partial charge in [-0.2, -0.15) is 4.99 Å². The van der Waals surface area contributed by atoms with Gasteiger partial charge in [-0.05, 0) is 6.07 Å². The molecule has 0 radical (unpaired) electrons. The third-order valence-electron chi connectivity index (χ3n) is 1.53. The Kier molecular flexibility index (Phi) is 5.41. The maximum atomic E-state index is 10.5. The molecule has 6 N–H and O–H groups in total. The van der Waals surface area contributed by atoms with Crippen molar-refractivity contribution >= 4 is 35.7 Å². The average molecular weight is 259 g/mol. The highest BCUT2D eigenvalue weighted by atomic mass is 35.5. The molecule has 9 heteroatoms. The number of rotatable bonds is 2. The van der Waals surface area contributed by atoms with Crippen LogP contribution >= 0.6 is 12.4 Å². The second kappa shape index (κ2) is 6.28. The maximum absolute atomic E-state index is 10.5. The molecule has 0 heterocycles. The molecular formula is C8H11ClN6O2. The molecule has 1 rings (SSSR count). The summed E-state index contributed by atoms with van der Waals surface area (Å²) in [5.74, 6) is -0.396. The summed E-state index contributed by atoms with van der Waals surface area (Å²) < 4.78 is 0. The van der Waals surface area contributed by atoms with Crippen molar-refractivity contribution in [1.82, 2.24) is 0 Å². The zero-order valence-corrected chi connectivity index (χ0v) is 9.42. The van der Waals surface area contributed by atoms with E-state index in [0.717, 1.165) is 0 Å². The lowest BCUT2D eigenvalue weighted by Crippen LogP contribution is -2.26. The molecule has 1 aromatic carbocycles. The van der Waals surface area contributed by atoms with Crippen LogP contribution in [0.15, 0.2) is 34.3 Å². The standard InChI is InChI=1S/C8H10N6O2.ClH/c9-7(10)13-8(11)12-5-2-1-3-6(4-5)14(15)16;/h1-4H,(H6,9,10,11,12,13);1H. The van der Waals surface area contributed by atoms with Gasteiger partial charge >= 0.3 is 0 Å². The van der Waals surface area contributed by atoms with Gasteiger partial charge in [-0.3, -0.25) is 10.1 Å². The number of hydrogen-bond donors (Lipinski definition) is 3. The van der Waals surface area contributed by atoms with Gasteiger partial charge in [0.2, 0.25) is 5.96 Å². The fourth-order valence-electron chi connectivity index (χ4n) is 0.966. The number of nitro benzene ring substituents is 1. The number of nitrogens with two attached hydrogens (primary N) is 3. The van der Waals surface area contributed by atoms with Crippen molar-refractivity contribution in [3.8, 4) is 0 Å². The van der Waals surface area contributed by atoms with Crippen molar-refractivity contribution in [2.75, 3.05) is 0 Å². The molecule has 0 saturated carbocycles. The first-order chi connectivity index (χ1) is 7.49. The summed E-state index contributed by atoms with van der Waals surface area (Å²) in [6.07, 6.45) is 0. The van der Waals surface area contributed by atoms with E-state index in [1.54, 1.807) is 6.07 Å². The second-order valence-electron chi connectivity index (χ2n) is 2.78. The summed E-state index contributed by atoms with van der Waals surface area (Å²) >= 11 is 0. The molecule has 0 aliphatic heterocycles. The number of guanidine groups is 2. The van der Waals surface area contributed by atoms with Crippen LogP contribution in [-0.4, -0.2) is 16.8 Å². The Morgan fingerprint density at radius 3 is 2.47 bits per heavy atom. The number of hydrogen-bond acceptors (Lipinski definition) is 3. The van der Waals surface area contributed by atoms with Crippen LogP contribution in [-0.2, 0) is 0 Å². The molecular weight excluding hydrogens is 248 g/mol. The normalized spacial score (nSPS) is 10.2. The maximum Gasteiger partial charge on any atom is 0.271 e. The number of nitro groups is 1. The van der Waals surface area contributed by atoms with E-state index in [4.69, 9.17) is 17.2 Å². The molecule has 0 bridgehead atoms. The van der Waals surface area contributed by atoms with Crippen LogP contribution in [0.3, 0.4) is 0 Å². The highest BCUT2D eigenvalue weighted by Crippen LogP contribution is 2.19. The number of aliphatic imine (C=N–C) groups is 2. The van der Waals surface area contributed by atoms with Crippen molar-refractivity contribution in [2.24, 2.45) is 27.2 Å². The summed E-state index contributed by atoms with van der Waals surface area (Å²) in [4.78, 5) is 17.2. The first-order valence-electron chi connectivity index (χ1n) is 4.17. The smallest absolute Gasteiger partial charge is 0.271 e. The Morgan fingerprint density at radius 2 is 1.94 bits per heavy atom. The zero-order valence-electron chi connectivity index (χ0n) is 8.61. The van der Waals surface area contributed by atoms with E-state index in [0.29, 0.717) is 5.69 Å². The summed E-state index contributed by atoms with van der Waals surface area (Å²) in [7, 11) is 0. The van der Waals surface area contributed by atoms with Crippen molar-refractivity contribution in [3.05, 3.63) is 34.4 Å². The molecule has 17 heavy (non-hydrogen) atoms.